The van der Waals surface area contributed by atoms with Gasteiger partial charge in [-0.15, -0.1) is 0 Å². The lowest BCUT2D eigenvalue weighted by Gasteiger charge is -2.14. The van der Waals surface area contributed by atoms with Gasteiger partial charge in [0.05, 0.1) is 0 Å². The van der Waals surface area contributed by atoms with Gasteiger partial charge < -0.3 is 5.73 Å². The van der Waals surface area contributed by atoms with E-state index in [0.29, 0.717) is 6.07 Å². The normalized spacial score (nSPS) is 13.1. The molecule has 0 aliphatic heterocycles. The molecule has 0 spiro atoms. The van der Waals surface area contributed by atoms with E-state index in [4.69, 9.17) is 5.73 Å². The average Bonchev–Trinajstić information content (AvgIpc) is 2.47. The minimum Gasteiger partial charge on any atom is -0.323 e. The third-order valence-electron chi connectivity index (χ3n) is 3.06. The van der Waals surface area contributed by atoms with Crippen molar-refractivity contribution >= 4 is 10.0 Å². The van der Waals surface area contributed by atoms with Crippen LogP contribution in [0.5, 0.6) is 0 Å². The van der Waals surface area contributed by atoms with Crippen LogP contribution in [0.4, 0.5) is 17.6 Å². The van der Waals surface area contributed by atoms with Crippen LogP contribution in [0.1, 0.15) is 11.6 Å². The molecule has 0 saturated heterocycles. The van der Waals surface area contributed by atoms with Gasteiger partial charge in [-0.1, -0.05) is 12.1 Å². The lowest BCUT2D eigenvalue weighted by atomic mass is 10.1. The van der Waals surface area contributed by atoms with Gasteiger partial charge in [0.15, 0.2) is 11.6 Å². The summed E-state index contributed by atoms with van der Waals surface area (Å²) < 4.78 is 78.9. The summed E-state index contributed by atoms with van der Waals surface area (Å²) in [6, 6.07) is 4.20. The number of nitrogens with one attached hydrogen (secondary N) is 1. The van der Waals surface area contributed by atoms with E-state index in [9.17, 15) is 26.0 Å². The fourth-order valence-corrected chi connectivity index (χ4v) is 3.03. The van der Waals surface area contributed by atoms with E-state index in [1.165, 1.54) is 0 Å². The number of hydrogen-bond donors (Lipinski definition) is 2. The maximum absolute atomic E-state index is 13.6. The molecule has 0 radical (unpaired) electrons. The van der Waals surface area contributed by atoms with Crippen molar-refractivity contribution in [3.8, 4) is 0 Å². The minimum atomic E-state index is -4.38. The highest BCUT2D eigenvalue weighted by molar-refractivity contribution is 7.89. The number of rotatable bonds is 5. The van der Waals surface area contributed by atoms with Crippen molar-refractivity contribution in [2.45, 2.75) is 10.9 Å². The predicted molar refractivity (Wildman–Crippen MR) is 74.8 cm³/mol. The molecule has 0 aliphatic rings. The molecular weight excluding hydrogens is 336 g/mol. The van der Waals surface area contributed by atoms with Gasteiger partial charge >= 0.3 is 0 Å². The third kappa shape index (κ3) is 3.87. The summed E-state index contributed by atoms with van der Waals surface area (Å²) in [4.78, 5) is -0.885. The smallest absolute Gasteiger partial charge is 0.243 e. The quantitative estimate of drug-likeness (QED) is 0.814. The molecular formula is C14H12F4N2O2S. The Balaban J connectivity index is 2.17. The van der Waals surface area contributed by atoms with Crippen LogP contribution >= 0.6 is 0 Å². The van der Waals surface area contributed by atoms with E-state index in [2.05, 4.69) is 0 Å². The first kappa shape index (κ1) is 17.4. The first-order chi connectivity index (χ1) is 10.7. The summed E-state index contributed by atoms with van der Waals surface area (Å²) in [6.45, 7) is -0.485. The maximum atomic E-state index is 13.6. The van der Waals surface area contributed by atoms with Gasteiger partial charge in [-0.2, -0.15) is 0 Å². The van der Waals surface area contributed by atoms with Crippen LogP contribution in [-0.2, 0) is 10.0 Å². The number of benzene rings is 2. The second-order valence-corrected chi connectivity index (χ2v) is 6.41. The number of sulfonamides is 1. The lowest BCUT2D eigenvalue weighted by molar-refractivity contribution is 0.482. The van der Waals surface area contributed by atoms with Crippen LogP contribution in [0.2, 0.25) is 0 Å². The molecule has 0 aliphatic carbocycles. The molecule has 1 unspecified atom stereocenters. The van der Waals surface area contributed by atoms with Gasteiger partial charge in [-0.3, -0.25) is 0 Å². The van der Waals surface area contributed by atoms with E-state index in [1.54, 1.807) is 0 Å². The monoisotopic (exact) mass is 348 g/mol. The summed E-state index contributed by atoms with van der Waals surface area (Å²) in [5, 5.41) is 0. The van der Waals surface area contributed by atoms with Gasteiger partial charge in [0.2, 0.25) is 10.0 Å². The van der Waals surface area contributed by atoms with Gasteiger partial charge in [-0.05, 0) is 18.2 Å². The Morgan fingerprint density at radius 3 is 2.39 bits per heavy atom. The van der Waals surface area contributed by atoms with Crippen LogP contribution in [0.3, 0.4) is 0 Å². The molecule has 9 heteroatoms. The highest BCUT2D eigenvalue weighted by atomic mass is 32.2. The summed E-state index contributed by atoms with van der Waals surface area (Å²) in [7, 11) is -4.38. The Morgan fingerprint density at radius 2 is 1.74 bits per heavy atom. The zero-order valence-electron chi connectivity index (χ0n) is 11.6. The first-order valence-corrected chi connectivity index (χ1v) is 7.85. The van der Waals surface area contributed by atoms with Crippen molar-refractivity contribution < 1.29 is 26.0 Å². The molecule has 23 heavy (non-hydrogen) atoms. The summed E-state index contributed by atoms with van der Waals surface area (Å²) in [6.07, 6.45) is 0. The zero-order chi connectivity index (χ0) is 17.2. The lowest BCUT2D eigenvalue weighted by Crippen LogP contribution is -2.33. The molecule has 4 nitrogen and oxygen atoms in total. The topological polar surface area (TPSA) is 72.2 Å². The molecule has 0 fully saturated rings. The molecule has 0 bridgehead atoms. The van der Waals surface area contributed by atoms with Crippen LogP contribution in [0.25, 0.3) is 0 Å². The summed E-state index contributed by atoms with van der Waals surface area (Å²) in [5.41, 5.74) is 5.53. The molecule has 0 amide bonds. The van der Waals surface area contributed by atoms with Crippen molar-refractivity contribution in [2.75, 3.05) is 6.54 Å². The largest absolute Gasteiger partial charge is 0.323 e. The fraction of sp³-hybridized carbons (Fsp3) is 0.143. The predicted octanol–water partition coefficient (Wildman–Crippen LogP) is 2.22. The third-order valence-corrected chi connectivity index (χ3v) is 4.50. The number of hydrogen-bond acceptors (Lipinski definition) is 3. The van der Waals surface area contributed by atoms with Gasteiger partial charge in [-0.25, -0.2) is 30.7 Å². The van der Waals surface area contributed by atoms with Gasteiger partial charge in [0, 0.05) is 24.2 Å². The highest BCUT2D eigenvalue weighted by Crippen LogP contribution is 2.19. The van der Waals surface area contributed by atoms with Gasteiger partial charge in [0.25, 0.3) is 0 Å². The molecule has 0 heterocycles. The van der Waals surface area contributed by atoms with E-state index in [0.717, 1.165) is 30.3 Å². The molecule has 0 aromatic heterocycles. The molecule has 124 valence electrons. The molecule has 2 aromatic carbocycles. The zero-order valence-corrected chi connectivity index (χ0v) is 12.4. The maximum Gasteiger partial charge on any atom is 0.243 e. The SMILES string of the molecule is NC(CNS(=O)(=O)c1cccc(F)c1F)c1ccc(F)cc1F. The molecule has 2 rings (SSSR count). The molecule has 1 atom stereocenters. The highest BCUT2D eigenvalue weighted by Gasteiger charge is 2.23. The van der Waals surface area contributed by atoms with Crippen LogP contribution in [0.15, 0.2) is 41.3 Å². The molecule has 2 aromatic rings. The second kappa shape index (κ2) is 6.65. The average molecular weight is 348 g/mol. The summed E-state index contributed by atoms with van der Waals surface area (Å²) in [5.74, 6) is -4.59. The van der Waals surface area contributed by atoms with E-state index in [-0.39, 0.29) is 5.56 Å². The van der Waals surface area contributed by atoms with Crippen LogP contribution < -0.4 is 10.5 Å². The fourth-order valence-electron chi connectivity index (χ4n) is 1.88. The number of halogens is 4. The van der Waals surface area contributed by atoms with E-state index < -0.39 is 50.8 Å². The molecule has 3 N–H and O–H groups in total. The van der Waals surface area contributed by atoms with Crippen molar-refractivity contribution in [2.24, 2.45) is 5.73 Å². The minimum absolute atomic E-state index is 0.117. The summed E-state index contributed by atoms with van der Waals surface area (Å²) >= 11 is 0. The van der Waals surface area contributed by atoms with E-state index in [1.807, 2.05) is 4.72 Å². The van der Waals surface area contributed by atoms with Crippen LogP contribution in [0, 0.1) is 23.3 Å². The van der Waals surface area contributed by atoms with Crippen molar-refractivity contribution in [1.29, 1.82) is 0 Å². The van der Waals surface area contributed by atoms with Crippen LogP contribution in [-0.4, -0.2) is 15.0 Å². The Morgan fingerprint density at radius 1 is 1.04 bits per heavy atom. The standard InChI is InChI=1S/C14H12F4N2O2S/c15-8-4-5-9(11(17)6-8)12(19)7-20-23(21,22)13-3-1-2-10(16)14(13)18/h1-6,12,20H,7,19H2. The Hall–Kier alpha value is -1.97. The van der Waals surface area contributed by atoms with Crippen molar-refractivity contribution in [1.82, 2.24) is 4.72 Å². The van der Waals surface area contributed by atoms with E-state index >= 15 is 0 Å². The number of nitrogens with two attached hydrogens (primary N) is 1. The Bertz CT molecular complexity index is 828. The Kier molecular flexibility index (Phi) is 5.03. The Labute approximate surface area is 130 Å². The molecule has 0 saturated carbocycles. The first-order valence-electron chi connectivity index (χ1n) is 6.36. The second-order valence-electron chi connectivity index (χ2n) is 4.68. The van der Waals surface area contributed by atoms with Gasteiger partial charge in [0.1, 0.15) is 16.5 Å². The van der Waals surface area contributed by atoms with Crippen molar-refractivity contribution in [3.63, 3.8) is 0 Å². The van der Waals surface area contributed by atoms with Crippen molar-refractivity contribution in [3.05, 3.63) is 65.2 Å².